The molecule has 17 heavy (non-hydrogen) atoms. The van der Waals surface area contributed by atoms with Crippen LogP contribution in [0.15, 0.2) is 24.3 Å². The van der Waals surface area contributed by atoms with Gasteiger partial charge in [0.15, 0.2) is 0 Å². The van der Waals surface area contributed by atoms with Crippen molar-refractivity contribution >= 4 is 11.6 Å². The summed E-state index contributed by atoms with van der Waals surface area (Å²) in [7, 11) is 0. The Balaban J connectivity index is 1.89. The van der Waals surface area contributed by atoms with E-state index in [1.165, 1.54) is 5.56 Å². The van der Waals surface area contributed by atoms with Crippen molar-refractivity contribution in [2.45, 2.75) is 26.2 Å². The number of anilines is 1. The Morgan fingerprint density at radius 3 is 3.00 bits per heavy atom. The Hall–Kier alpha value is -1.35. The van der Waals surface area contributed by atoms with Crippen LogP contribution in [0.25, 0.3) is 0 Å². The maximum absolute atomic E-state index is 12.1. The molecule has 1 amide bonds. The zero-order chi connectivity index (χ0) is 12.1. The smallest absolute Gasteiger partial charge is 0.228 e. The van der Waals surface area contributed by atoms with Crippen LogP contribution in [-0.4, -0.2) is 25.5 Å². The van der Waals surface area contributed by atoms with Crippen molar-refractivity contribution in [2.75, 3.05) is 24.5 Å². The average Bonchev–Trinajstić information content (AvgIpc) is 2.78. The second-order valence-corrected chi connectivity index (χ2v) is 4.42. The lowest BCUT2D eigenvalue weighted by molar-refractivity contribution is -0.118. The van der Waals surface area contributed by atoms with Crippen molar-refractivity contribution in [3.63, 3.8) is 0 Å². The molecule has 0 unspecified atom stereocenters. The lowest BCUT2D eigenvalue weighted by Gasteiger charge is -2.17. The van der Waals surface area contributed by atoms with Gasteiger partial charge >= 0.3 is 0 Å². The second-order valence-electron chi connectivity index (χ2n) is 4.42. The van der Waals surface area contributed by atoms with Gasteiger partial charge in [0, 0.05) is 25.2 Å². The molecule has 3 nitrogen and oxygen atoms in total. The van der Waals surface area contributed by atoms with E-state index in [4.69, 9.17) is 0 Å². The molecule has 0 spiro atoms. The average molecular weight is 232 g/mol. The van der Waals surface area contributed by atoms with Crippen LogP contribution in [0.2, 0.25) is 0 Å². The number of nitrogens with one attached hydrogen (secondary N) is 1. The summed E-state index contributed by atoms with van der Waals surface area (Å²) in [4.78, 5) is 14.0. The SMILES string of the molecule is CCCNCCC(=O)N1CCc2ccccc21. The minimum atomic E-state index is 0.235. The van der Waals surface area contributed by atoms with Crippen molar-refractivity contribution in [3.8, 4) is 0 Å². The van der Waals surface area contributed by atoms with Gasteiger partial charge in [0.2, 0.25) is 5.91 Å². The number of hydrogen-bond donors (Lipinski definition) is 1. The van der Waals surface area contributed by atoms with E-state index >= 15 is 0 Å². The fourth-order valence-electron chi connectivity index (χ4n) is 2.23. The highest BCUT2D eigenvalue weighted by molar-refractivity contribution is 5.95. The van der Waals surface area contributed by atoms with Crippen LogP contribution in [0.1, 0.15) is 25.3 Å². The molecule has 0 fully saturated rings. The summed E-state index contributed by atoms with van der Waals surface area (Å²) in [6, 6.07) is 8.19. The Kier molecular flexibility index (Phi) is 4.15. The maximum Gasteiger partial charge on any atom is 0.228 e. The van der Waals surface area contributed by atoms with Crippen molar-refractivity contribution in [1.82, 2.24) is 5.32 Å². The summed E-state index contributed by atoms with van der Waals surface area (Å²) in [5.74, 6) is 0.235. The minimum absolute atomic E-state index is 0.235. The molecule has 92 valence electrons. The van der Waals surface area contributed by atoms with E-state index in [9.17, 15) is 4.79 Å². The van der Waals surface area contributed by atoms with Gasteiger partial charge in [-0.05, 0) is 31.0 Å². The van der Waals surface area contributed by atoms with Crippen molar-refractivity contribution in [2.24, 2.45) is 0 Å². The number of rotatable bonds is 5. The monoisotopic (exact) mass is 232 g/mol. The number of hydrogen-bond acceptors (Lipinski definition) is 2. The zero-order valence-electron chi connectivity index (χ0n) is 10.4. The summed E-state index contributed by atoms with van der Waals surface area (Å²) in [6.45, 7) is 4.74. The largest absolute Gasteiger partial charge is 0.316 e. The highest BCUT2D eigenvalue weighted by atomic mass is 16.2. The third-order valence-electron chi connectivity index (χ3n) is 3.13. The Morgan fingerprint density at radius 2 is 2.18 bits per heavy atom. The minimum Gasteiger partial charge on any atom is -0.316 e. The fraction of sp³-hybridized carbons (Fsp3) is 0.500. The van der Waals surface area contributed by atoms with Crippen LogP contribution in [0.3, 0.4) is 0 Å². The summed E-state index contributed by atoms with van der Waals surface area (Å²) >= 11 is 0. The predicted molar refractivity (Wildman–Crippen MR) is 70.3 cm³/mol. The number of carbonyl (C=O) groups excluding carboxylic acids is 1. The van der Waals surface area contributed by atoms with E-state index < -0.39 is 0 Å². The van der Waals surface area contributed by atoms with Gasteiger partial charge in [-0.3, -0.25) is 4.79 Å². The molecule has 0 atom stereocenters. The molecule has 1 N–H and O–H groups in total. The van der Waals surface area contributed by atoms with Crippen LogP contribution in [0, 0.1) is 0 Å². The standard InChI is InChI=1S/C14H20N2O/c1-2-9-15-10-7-14(17)16-11-8-12-5-3-4-6-13(12)16/h3-6,15H,2,7-11H2,1H3. The zero-order valence-corrected chi connectivity index (χ0v) is 10.4. The molecule has 1 aliphatic heterocycles. The van der Waals surface area contributed by atoms with Crippen LogP contribution in [0.5, 0.6) is 0 Å². The first kappa shape index (κ1) is 12.1. The molecular formula is C14H20N2O. The molecule has 0 radical (unpaired) electrons. The first-order chi connectivity index (χ1) is 8.33. The van der Waals surface area contributed by atoms with Crippen LogP contribution in [-0.2, 0) is 11.2 Å². The summed E-state index contributed by atoms with van der Waals surface area (Å²) < 4.78 is 0. The molecule has 1 aromatic rings. The summed E-state index contributed by atoms with van der Waals surface area (Å²) in [6.07, 6.45) is 2.69. The predicted octanol–water partition coefficient (Wildman–Crippen LogP) is 1.97. The van der Waals surface area contributed by atoms with Gasteiger partial charge in [0.1, 0.15) is 0 Å². The van der Waals surface area contributed by atoms with E-state index in [2.05, 4.69) is 18.3 Å². The van der Waals surface area contributed by atoms with Crippen molar-refractivity contribution in [1.29, 1.82) is 0 Å². The molecule has 0 bridgehead atoms. The number of nitrogens with zero attached hydrogens (tertiary/aromatic N) is 1. The highest BCUT2D eigenvalue weighted by Crippen LogP contribution is 2.27. The van der Waals surface area contributed by atoms with Gasteiger partial charge in [0.25, 0.3) is 0 Å². The Morgan fingerprint density at radius 1 is 1.35 bits per heavy atom. The lowest BCUT2D eigenvalue weighted by atomic mass is 10.2. The van der Waals surface area contributed by atoms with Gasteiger partial charge < -0.3 is 10.2 Å². The van der Waals surface area contributed by atoms with Crippen LogP contribution >= 0.6 is 0 Å². The van der Waals surface area contributed by atoms with Gasteiger partial charge in [-0.1, -0.05) is 25.1 Å². The maximum atomic E-state index is 12.1. The van der Waals surface area contributed by atoms with Crippen molar-refractivity contribution < 1.29 is 4.79 Å². The molecule has 2 rings (SSSR count). The van der Waals surface area contributed by atoms with E-state index in [-0.39, 0.29) is 5.91 Å². The molecule has 3 heteroatoms. The van der Waals surface area contributed by atoms with E-state index in [1.54, 1.807) is 0 Å². The number of benzene rings is 1. The summed E-state index contributed by atoms with van der Waals surface area (Å²) in [5.41, 5.74) is 2.40. The van der Waals surface area contributed by atoms with Crippen molar-refractivity contribution in [3.05, 3.63) is 29.8 Å². The Labute approximate surface area is 103 Å². The second kappa shape index (κ2) is 5.82. The number of fused-ring (bicyclic) bond motifs is 1. The van der Waals surface area contributed by atoms with Gasteiger partial charge in [-0.2, -0.15) is 0 Å². The molecule has 0 saturated carbocycles. The van der Waals surface area contributed by atoms with Gasteiger partial charge in [-0.15, -0.1) is 0 Å². The number of amides is 1. The fourth-order valence-corrected chi connectivity index (χ4v) is 2.23. The third-order valence-corrected chi connectivity index (χ3v) is 3.13. The molecule has 0 aromatic heterocycles. The third kappa shape index (κ3) is 2.86. The van der Waals surface area contributed by atoms with Crippen LogP contribution in [0.4, 0.5) is 5.69 Å². The lowest BCUT2D eigenvalue weighted by Crippen LogP contribution is -2.31. The van der Waals surface area contributed by atoms with E-state index in [0.29, 0.717) is 6.42 Å². The topological polar surface area (TPSA) is 32.3 Å². The first-order valence-electron chi connectivity index (χ1n) is 6.42. The Bertz CT molecular complexity index is 390. The molecule has 0 aliphatic carbocycles. The molecule has 0 saturated heterocycles. The van der Waals surface area contributed by atoms with Gasteiger partial charge in [0.05, 0.1) is 0 Å². The highest BCUT2D eigenvalue weighted by Gasteiger charge is 2.23. The van der Waals surface area contributed by atoms with E-state index in [1.807, 2.05) is 23.1 Å². The van der Waals surface area contributed by atoms with Crippen LogP contribution < -0.4 is 10.2 Å². The number of para-hydroxylation sites is 1. The molecule has 1 aliphatic rings. The summed E-state index contributed by atoms with van der Waals surface area (Å²) in [5, 5.41) is 3.27. The molecular weight excluding hydrogens is 212 g/mol. The molecule has 1 heterocycles. The quantitative estimate of drug-likeness (QED) is 0.787. The number of carbonyl (C=O) groups is 1. The van der Waals surface area contributed by atoms with E-state index in [0.717, 1.165) is 38.2 Å². The first-order valence-corrected chi connectivity index (χ1v) is 6.42. The van der Waals surface area contributed by atoms with Gasteiger partial charge in [-0.25, -0.2) is 0 Å². The molecule has 1 aromatic carbocycles. The normalized spacial score (nSPS) is 13.8.